The van der Waals surface area contributed by atoms with Crippen molar-refractivity contribution in [3.8, 4) is 0 Å². The number of carbonyl (C=O) groups excluding carboxylic acids is 1. The van der Waals surface area contributed by atoms with Crippen molar-refractivity contribution >= 4 is 30.1 Å². The lowest BCUT2D eigenvalue weighted by Crippen LogP contribution is -2.48. The molecule has 1 amide bonds. The van der Waals surface area contributed by atoms with Crippen molar-refractivity contribution in [2.45, 2.75) is 49.9 Å². The highest BCUT2D eigenvalue weighted by Gasteiger charge is 2.29. The molecule has 1 aromatic rings. The zero-order valence-electron chi connectivity index (χ0n) is 12.5. The van der Waals surface area contributed by atoms with Crippen LogP contribution in [0.15, 0.2) is 30.3 Å². The minimum atomic E-state index is -0.453. The molecule has 3 atom stereocenters. The molecule has 0 aliphatic heterocycles. The van der Waals surface area contributed by atoms with Crippen molar-refractivity contribution in [3.63, 3.8) is 0 Å². The molecule has 1 fully saturated rings. The highest BCUT2D eigenvalue weighted by atomic mass is 35.5. The van der Waals surface area contributed by atoms with Gasteiger partial charge < -0.3 is 11.1 Å². The van der Waals surface area contributed by atoms with E-state index >= 15 is 0 Å². The number of hydrogen-bond acceptors (Lipinski definition) is 3. The molecule has 1 aromatic carbocycles. The third-order valence-electron chi connectivity index (χ3n) is 3.80. The van der Waals surface area contributed by atoms with Gasteiger partial charge in [-0.1, -0.05) is 43.7 Å². The first-order valence-electron chi connectivity index (χ1n) is 7.42. The Kier molecular flexibility index (Phi) is 8.15. The van der Waals surface area contributed by atoms with E-state index in [9.17, 15) is 4.79 Å². The van der Waals surface area contributed by atoms with E-state index < -0.39 is 6.04 Å². The second-order valence-electron chi connectivity index (χ2n) is 5.34. The quantitative estimate of drug-likeness (QED) is 0.844. The first-order chi connectivity index (χ1) is 9.70. The van der Waals surface area contributed by atoms with Crippen LogP contribution in [0.25, 0.3) is 0 Å². The van der Waals surface area contributed by atoms with Gasteiger partial charge in [-0.25, -0.2) is 0 Å². The number of nitrogens with two attached hydrogens (primary N) is 1. The van der Waals surface area contributed by atoms with Crippen molar-refractivity contribution in [3.05, 3.63) is 35.9 Å². The average Bonchev–Trinajstić information content (AvgIpc) is 2.87. The highest BCUT2D eigenvalue weighted by Crippen LogP contribution is 2.29. The van der Waals surface area contributed by atoms with Gasteiger partial charge in [0.2, 0.25) is 5.91 Å². The normalized spacial score (nSPS) is 22.4. The van der Waals surface area contributed by atoms with Crippen LogP contribution in [0.5, 0.6) is 0 Å². The first kappa shape index (κ1) is 18.3. The van der Waals surface area contributed by atoms with Crippen molar-refractivity contribution in [1.29, 1.82) is 0 Å². The molecule has 3 N–H and O–H groups in total. The SMILES string of the molecule is CCSC1CCCC1NC(=O)[C@@H](N)Cc1ccccc1.Cl. The summed E-state index contributed by atoms with van der Waals surface area (Å²) in [6.45, 7) is 2.17. The molecule has 0 aromatic heterocycles. The lowest BCUT2D eigenvalue weighted by molar-refractivity contribution is -0.123. The van der Waals surface area contributed by atoms with Crippen LogP contribution in [0.4, 0.5) is 0 Å². The lowest BCUT2D eigenvalue weighted by Gasteiger charge is -2.22. The zero-order chi connectivity index (χ0) is 14.4. The Morgan fingerprint density at radius 2 is 2.10 bits per heavy atom. The van der Waals surface area contributed by atoms with Crippen molar-refractivity contribution in [2.75, 3.05) is 5.75 Å². The first-order valence-corrected chi connectivity index (χ1v) is 8.47. The Morgan fingerprint density at radius 1 is 1.38 bits per heavy atom. The molecule has 1 saturated carbocycles. The standard InChI is InChI=1S/C16H24N2OS.ClH/c1-2-20-15-10-6-9-14(15)18-16(19)13(17)11-12-7-4-3-5-8-12;/h3-5,7-8,13-15H,2,6,9-11,17H2,1H3,(H,18,19);1H/t13-,14?,15?;/m0./s1. The number of thioether (sulfide) groups is 1. The number of nitrogens with one attached hydrogen (secondary N) is 1. The summed E-state index contributed by atoms with van der Waals surface area (Å²) in [5.74, 6) is 1.09. The van der Waals surface area contributed by atoms with Crippen LogP contribution in [-0.2, 0) is 11.2 Å². The van der Waals surface area contributed by atoms with E-state index in [-0.39, 0.29) is 18.3 Å². The molecule has 0 bridgehead atoms. The summed E-state index contributed by atoms with van der Waals surface area (Å²) in [7, 11) is 0. The zero-order valence-corrected chi connectivity index (χ0v) is 14.1. The van der Waals surface area contributed by atoms with E-state index in [1.165, 1.54) is 12.8 Å². The number of carbonyl (C=O) groups is 1. The fraction of sp³-hybridized carbons (Fsp3) is 0.562. The molecule has 0 spiro atoms. The van der Waals surface area contributed by atoms with Gasteiger partial charge in [0.15, 0.2) is 0 Å². The molecular weight excluding hydrogens is 304 g/mol. The Bertz CT molecular complexity index is 430. The van der Waals surface area contributed by atoms with Crippen LogP contribution < -0.4 is 11.1 Å². The van der Waals surface area contributed by atoms with Crippen molar-refractivity contribution in [1.82, 2.24) is 5.32 Å². The van der Waals surface area contributed by atoms with Gasteiger partial charge in [-0.05, 0) is 30.6 Å². The van der Waals surface area contributed by atoms with Gasteiger partial charge in [0.25, 0.3) is 0 Å². The molecule has 1 aliphatic rings. The fourth-order valence-electron chi connectivity index (χ4n) is 2.76. The summed E-state index contributed by atoms with van der Waals surface area (Å²) in [5, 5.41) is 3.71. The third kappa shape index (κ3) is 5.53. The summed E-state index contributed by atoms with van der Waals surface area (Å²) in [6.07, 6.45) is 4.10. The van der Waals surface area contributed by atoms with E-state index in [0.29, 0.717) is 17.7 Å². The molecule has 2 unspecified atom stereocenters. The highest BCUT2D eigenvalue weighted by molar-refractivity contribution is 7.99. The minimum Gasteiger partial charge on any atom is -0.351 e. The maximum absolute atomic E-state index is 12.2. The van der Waals surface area contributed by atoms with Gasteiger partial charge in [0.05, 0.1) is 6.04 Å². The number of amides is 1. The van der Waals surface area contributed by atoms with Gasteiger partial charge in [-0.2, -0.15) is 11.8 Å². The third-order valence-corrected chi connectivity index (χ3v) is 5.12. The van der Waals surface area contributed by atoms with Crippen LogP contribution in [0.3, 0.4) is 0 Å². The Balaban J connectivity index is 0.00000220. The van der Waals surface area contributed by atoms with E-state index in [0.717, 1.165) is 17.7 Å². The molecule has 3 nitrogen and oxygen atoms in total. The van der Waals surface area contributed by atoms with E-state index in [1.54, 1.807) is 0 Å². The molecule has 1 aliphatic carbocycles. The van der Waals surface area contributed by atoms with E-state index in [1.807, 2.05) is 42.1 Å². The second kappa shape index (κ2) is 9.34. The van der Waals surface area contributed by atoms with Gasteiger partial charge in [-0.3, -0.25) is 4.79 Å². The van der Waals surface area contributed by atoms with Crippen LogP contribution in [-0.4, -0.2) is 29.0 Å². The molecule has 0 heterocycles. The molecule has 0 saturated heterocycles. The van der Waals surface area contributed by atoms with Crippen LogP contribution in [0.2, 0.25) is 0 Å². The smallest absolute Gasteiger partial charge is 0.237 e. The summed E-state index contributed by atoms with van der Waals surface area (Å²) in [5.41, 5.74) is 7.14. The molecule has 118 valence electrons. The van der Waals surface area contributed by atoms with Crippen LogP contribution >= 0.6 is 24.2 Å². The van der Waals surface area contributed by atoms with Crippen LogP contribution in [0.1, 0.15) is 31.7 Å². The molecular formula is C16H25ClN2OS. The Labute approximate surface area is 137 Å². The van der Waals surface area contributed by atoms with Gasteiger partial charge in [0, 0.05) is 11.3 Å². The maximum Gasteiger partial charge on any atom is 0.237 e. The van der Waals surface area contributed by atoms with Gasteiger partial charge in [0.1, 0.15) is 0 Å². The average molecular weight is 329 g/mol. The van der Waals surface area contributed by atoms with Gasteiger partial charge in [-0.15, -0.1) is 12.4 Å². The number of halogens is 1. The summed E-state index contributed by atoms with van der Waals surface area (Å²) in [4.78, 5) is 12.2. The topological polar surface area (TPSA) is 55.1 Å². The lowest BCUT2D eigenvalue weighted by atomic mass is 10.1. The number of rotatable bonds is 6. The maximum atomic E-state index is 12.2. The predicted octanol–water partition coefficient (Wildman–Crippen LogP) is 2.77. The summed E-state index contributed by atoms with van der Waals surface area (Å²) >= 11 is 1.95. The van der Waals surface area contributed by atoms with Crippen molar-refractivity contribution < 1.29 is 4.79 Å². The van der Waals surface area contributed by atoms with E-state index in [2.05, 4.69) is 12.2 Å². The number of hydrogen-bond donors (Lipinski definition) is 2. The second-order valence-corrected chi connectivity index (χ2v) is 6.85. The Morgan fingerprint density at radius 3 is 2.76 bits per heavy atom. The fourth-order valence-corrected chi connectivity index (χ4v) is 3.95. The van der Waals surface area contributed by atoms with Crippen LogP contribution in [0, 0.1) is 0 Å². The molecule has 21 heavy (non-hydrogen) atoms. The summed E-state index contributed by atoms with van der Waals surface area (Å²) < 4.78 is 0. The van der Waals surface area contributed by atoms with E-state index in [4.69, 9.17) is 5.73 Å². The van der Waals surface area contributed by atoms with Gasteiger partial charge >= 0.3 is 0 Å². The van der Waals surface area contributed by atoms with Crippen molar-refractivity contribution in [2.24, 2.45) is 5.73 Å². The largest absolute Gasteiger partial charge is 0.351 e. The molecule has 5 heteroatoms. The molecule has 0 radical (unpaired) electrons. The predicted molar refractivity (Wildman–Crippen MR) is 93.1 cm³/mol. The summed E-state index contributed by atoms with van der Waals surface area (Å²) in [6, 6.07) is 9.80. The Hall–Kier alpha value is -0.710. The minimum absolute atomic E-state index is 0. The monoisotopic (exact) mass is 328 g/mol. The molecule has 2 rings (SSSR count). The number of benzene rings is 1.